The summed E-state index contributed by atoms with van der Waals surface area (Å²) in [7, 11) is 1.59. The SMILES string of the molecule is CNC(=O)C1CCCCN1c1cc(Cl)ccc1C(=O)O. The average Bonchev–Trinajstić information content (AvgIpc) is 2.46. The van der Waals surface area contributed by atoms with Crippen molar-refractivity contribution >= 4 is 29.2 Å². The number of amides is 1. The zero-order valence-electron chi connectivity index (χ0n) is 11.2. The quantitative estimate of drug-likeness (QED) is 0.896. The van der Waals surface area contributed by atoms with Crippen LogP contribution in [-0.4, -0.2) is 36.6 Å². The number of benzene rings is 1. The Hall–Kier alpha value is -1.75. The van der Waals surface area contributed by atoms with Crippen molar-refractivity contribution in [3.05, 3.63) is 28.8 Å². The van der Waals surface area contributed by atoms with Crippen LogP contribution in [0.3, 0.4) is 0 Å². The predicted molar refractivity (Wildman–Crippen MR) is 77.5 cm³/mol. The van der Waals surface area contributed by atoms with Gasteiger partial charge in [-0.2, -0.15) is 0 Å². The Labute approximate surface area is 122 Å². The number of carbonyl (C=O) groups excluding carboxylic acids is 1. The second kappa shape index (κ2) is 6.13. The third-order valence-electron chi connectivity index (χ3n) is 3.55. The smallest absolute Gasteiger partial charge is 0.337 e. The van der Waals surface area contributed by atoms with E-state index in [1.165, 1.54) is 6.07 Å². The summed E-state index contributed by atoms with van der Waals surface area (Å²) in [5.74, 6) is -1.11. The maximum Gasteiger partial charge on any atom is 0.337 e. The van der Waals surface area contributed by atoms with Crippen molar-refractivity contribution in [2.24, 2.45) is 0 Å². The molecule has 0 aliphatic carbocycles. The fraction of sp³-hybridized carbons (Fsp3) is 0.429. The van der Waals surface area contributed by atoms with Crippen LogP contribution in [0, 0.1) is 0 Å². The van der Waals surface area contributed by atoms with Crippen molar-refractivity contribution in [3.8, 4) is 0 Å². The van der Waals surface area contributed by atoms with Crippen LogP contribution in [-0.2, 0) is 4.79 Å². The number of halogens is 1. The van der Waals surface area contributed by atoms with Gasteiger partial charge < -0.3 is 15.3 Å². The van der Waals surface area contributed by atoms with E-state index in [4.69, 9.17) is 11.6 Å². The molecule has 0 bridgehead atoms. The molecule has 1 aromatic rings. The van der Waals surface area contributed by atoms with E-state index in [0.29, 0.717) is 23.7 Å². The summed E-state index contributed by atoms with van der Waals surface area (Å²) in [5, 5.41) is 12.4. The van der Waals surface area contributed by atoms with Crippen LogP contribution < -0.4 is 10.2 Å². The molecule has 1 aliphatic heterocycles. The van der Waals surface area contributed by atoms with E-state index < -0.39 is 5.97 Å². The molecule has 0 aromatic heterocycles. The molecule has 0 radical (unpaired) electrons. The van der Waals surface area contributed by atoms with Crippen LogP contribution in [0.15, 0.2) is 18.2 Å². The summed E-state index contributed by atoms with van der Waals surface area (Å²) < 4.78 is 0. The molecule has 20 heavy (non-hydrogen) atoms. The molecule has 1 amide bonds. The summed E-state index contributed by atoms with van der Waals surface area (Å²) in [6.07, 6.45) is 2.60. The zero-order chi connectivity index (χ0) is 14.7. The molecule has 0 spiro atoms. The van der Waals surface area contributed by atoms with E-state index in [9.17, 15) is 14.7 Å². The van der Waals surface area contributed by atoms with E-state index >= 15 is 0 Å². The molecule has 1 heterocycles. The lowest BCUT2D eigenvalue weighted by Crippen LogP contribution is -2.49. The van der Waals surface area contributed by atoms with Gasteiger partial charge in [-0.1, -0.05) is 11.6 Å². The topological polar surface area (TPSA) is 69.6 Å². The number of hydrogen-bond donors (Lipinski definition) is 2. The zero-order valence-corrected chi connectivity index (χ0v) is 12.0. The molecule has 6 heteroatoms. The van der Waals surface area contributed by atoms with Gasteiger partial charge in [-0.3, -0.25) is 4.79 Å². The van der Waals surface area contributed by atoms with E-state index in [1.54, 1.807) is 19.2 Å². The Morgan fingerprint density at radius 2 is 2.15 bits per heavy atom. The first-order valence-corrected chi connectivity index (χ1v) is 6.93. The van der Waals surface area contributed by atoms with Gasteiger partial charge in [0.1, 0.15) is 6.04 Å². The first-order chi connectivity index (χ1) is 9.54. The van der Waals surface area contributed by atoms with Gasteiger partial charge in [0.15, 0.2) is 0 Å². The fourth-order valence-electron chi connectivity index (χ4n) is 2.58. The number of piperidine rings is 1. The molecular weight excluding hydrogens is 280 g/mol. The average molecular weight is 297 g/mol. The molecule has 2 rings (SSSR count). The fourth-order valence-corrected chi connectivity index (χ4v) is 2.75. The third-order valence-corrected chi connectivity index (χ3v) is 3.79. The van der Waals surface area contributed by atoms with Gasteiger partial charge in [0.25, 0.3) is 0 Å². The number of carboxylic acids is 1. The van der Waals surface area contributed by atoms with Gasteiger partial charge in [0.05, 0.1) is 11.3 Å². The number of nitrogens with zero attached hydrogens (tertiary/aromatic N) is 1. The number of rotatable bonds is 3. The highest BCUT2D eigenvalue weighted by molar-refractivity contribution is 6.31. The Morgan fingerprint density at radius 3 is 2.80 bits per heavy atom. The molecule has 1 aliphatic rings. The Kier molecular flexibility index (Phi) is 4.49. The van der Waals surface area contributed by atoms with Crippen LogP contribution in [0.2, 0.25) is 5.02 Å². The summed E-state index contributed by atoms with van der Waals surface area (Å²) in [5.41, 5.74) is 0.684. The van der Waals surface area contributed by atoms with Crippen molar-refractivity contribution in [1.82, 2.24) is 5.32 Å². The monoisotopic (exact) mass is 296 g/mol. The molecule has 1 aromatic carbocycles. The molecule has 1 atom stereocenters. The highest BCUT2D eigenvalue weighted by Gasteiger charge is 2.30. The van der Waals surface area contributed by atoms with Crippen LogP contribution in [0.1, 0.15) is 29.6 Å². The molecular formula is C14H17ClN2O3. The lowest BCUT2D eigenvalue weighted by atomic mass is 9.99. The molecule has 5 nitrogen and oxygen atoms in total. The second-order valence-corrected chi connectivity index (χ2v) is 5.22. The minimum absolute atomic E-state index is 0.0963. The Bertz CT molecular complexity index is 533. The number of carboxylic acid groups (broad SMARTS) is 1. The van der Waals surface area contributed by atoms with E-state index in [1.807, 2.05) is 4.90 Å². The number of carbonyl (C=O) groups is 2. The second-order valence-electron chi connectivity index (χ2n) is 4.79. The van der Waals surface area contributed by atoms with Crippen molar-refractivity contribution in [2.45, 2.75) is 25.3 Å². The standard InChI is InChI=1S/C14H17ClN2O3/c1-16-13(18)11-4-2-3-7-17(11)12-8-9(15)5-6-10(12)14(19)20/h5-6,8,11H,2-4,7H2,1H3,(H,16,18)(H,19,20). The first kappa shape index (κ1) is 14.7. The molecule has 2 N–H and O–H groups in total. The van der Waals surface area contributed by atoms with Crippen LogP contribution >= 0.6 is 11.6 Å². The van der Waals surface area contributed by atoms with Gasteiger partial charge in [-0.15, -0.1) is 0 Å². The molecule has 1 saturated heterocycles. The van der Waals surface area contributed by atoms with E-state index in [0.717, 1.165) is 12.8 Å². The summed E-state index contributed by atoms with van der Waals surface area (Å²) in [4.78, 5) is 25.2. The molecule has 1 fully saturated rings. The largest absolute Gasteiger partial charge is 0.478 e. The lowest BCUT2D eigenvalue weighted by molar-refractivity contribution is -0.122. The maximum atomic E-state index is 12.0. The molecule has 108 valence electrons. The minimum atomic E-state index is -1.02. The minimum Gasteiger partial charge on any atom is -0.478 e. The first-order valence-electron chi connectivity index (χ1n) is 6.55. The van der Waals surface area contributed by atoms with Crippen molar-refractivity contribution in [1.29, 1.82) is 0 Å². The van der Waals surface area contributed by atoms with Gasteiger partial charge >= 0.3 is 5.97 Å². The van der Waals surface area contributed by atoms with Crippen molar-refractivity contribution < 1.29 is 14.7 Å². The van der Waals surface area contributed by atoms with Gasteiger partial charge in [0, 0.05) is 18.6 Å². The van der Waals surface area contributed by atoms with Crippen molar-refractivity contribution in [3.63, 3.8) is 0 Å². The maximum absolute atomic E-state index is 12.0. The Balaban J connectivity index is 2.44. The van der Waals surface area contributed by atoms with Crippen LogP contribution in [0.4, 0.5) is 5.69 Å². The lowest BCUT2D eigenvalue weighted by Gasteiger charge is -2.37. The number of likely N-dealkylation sites (N-methyl/N-ethyl adjacent to an activating group) is 1. The number of nitrogens with one attached hydrogen (secondary N) is 1. The normalized spacial score (nSPS) is 18.7. The Morgan fingerprint density at radius 1 is 1.40 bits per heavy atom. The summed E-state index contributed by atoms with van der Waals surface area (Å²) >= 11 is 5.98. The van der Waals surface area contributed by atoms with E-state index in [2.05, 4.69) is 5.32 Å². The third kappa shape index (κ3) is 2.88. The molecule has 1 unspecified atom stereocenters. The van der Waals surface area contributed by atoms with Gasteiger partial charge in [-0.05, 0) is 37.5 Å². The van der Waals surface area contributed by atoms with Gasteiger partial charge in [-0.25, -0.2) is 4.79 Å². The summed E-state index contributed by atoms with van der Waals surface area (Å²) in [6, 6.07) is 4.31. The predicted octanol–water partition coefficient (Wildman–Crippen LogP) is 2.14. The number of hydrogen-bond acceptors (Lipinski definition) is 3. The van der Waals surface area contributed by atoms with Crippen LogP contribution in [0.5, 0.6) is 0 Å². The number of anilines is 1. The summed E-state index contributed by atoms with van der Waals surface area (Å²) in [6.45, 7) is 0.651. The van der Waals surface area contributed by atoms with Crippen molar-refractivity contribution in [2.75, 3.05) is 18.5 Å². The number of aromatic carboxylic acids is 1. The van der Waals surface area contributed by atoms with Crippen LogP contribution in [0.25, 0.3) is 0 Å². The molecule has 0 saturated carbocycles. The highest BCUT2D eigenvalue weighted by atomic mass is 35.5. The highest BCUT2D eigenvalue weighted by Crippen LogP contribution is 2.30. The van der Waals surface area contributed by atoms with E-state index in [-0.39, 0.29) is 17.5 Å². The van der Waals surface area contributed by atoms with Gasteiger partial charge in [0.2, 0.25) is 5.91 Å².